The lowest BCUT2D eigenvalue weighted by molar-refractivity contribution is -0.161. The number of phosphoric acid groups is 1. The van der Waals surface area contributed by atoms with Gasteiger partial charge in [-0.25, -0.2) is 4.57 Å². The van der Waals surface area contributed by atoms with Crippen LogP contribution in [-0.4, -0.2) is 71.7 Å². The molecule has 1 unspecified atom stereocenters. The van der Waals surface area contributed by atoms with Gasteiger partial charge in [-0.15, -0.1) is 0 Å². The van der Waals surface area contributed by atoms with Crippen molar-refractivity contribution in [1.29, 1.82) is 0 Å². The second-order valence-electron chi connectivity index (χ2n) is 16.0. The van der Waals surface area contributed by atoms with E-state index < -0.39 is 44.7 Å². The number of unbranched alkanes of at least 4 members (excludes halogenated alkanes) is 18. The van der Waals surface area contributed by atoms with E-state index in [1.165, 1.54) is 96.3 Å². The minimum absolute atomic E-state index is 0.0161. The molecule has 0 spiro atoms. The van der Waals surface area contributed by atoms with Gasteiger partial charge in [-0.1, -0.05) is 189 Å². The van der Waals surface area contributed by atoms with Gasteiger partial charge in [0.25, 0.3) is 0 Å². The van der Waals surface area contributed by atoms with Crippen LogP contribution < -0.4 is 5.73 Å². The number of phosphoric ester groups is 1. The molecule has 0 aliphatic carbocycles. The van der Waals surface area contributed by atoms with Gasteiger partial charge in [0.15, 0.2) is 6.10 Å². The molecular weight excluding hydrogens is 818 g/mol. The van der Waals surface area contributed by atoms with Crippen LogP contribution in [0.15, 0.2) is 85.1 Å². The third kappa shape index (κ3) is 45.5. The molecule has 0 radical (unpaired) electrons. The standard InChI is InChI=1S/C51H88NO10P/c1-3-5-7-8-9-10-11-12-13-14-15-16-17-18-19-20-21-22-26-29-35-41-50(55)59-45-49(46-61-63(57,58)60-44-43-52)62-51(56)42-36-30-34-40-48(54)39-33-28-25-23-24-27-32-38-47(53)37-31-6-4-2/h6,12-13,24-25,27-28,31-34,38-40,47-49,53-54H,3-5,7-11,14-23,26,29-30,35-37,41-46,52H2,1-2H3,(H,57,58)/b13-12-,27-24-,28-25-,31-6-,38-32+,39-33+,40-34-/t47-,48-,49+/m0/s1. The maximum absolute atomic E-state index is 12.6. The molecule has 0 fully saturated rings. The Morgan fingerprint density at radius 3 is 1.75 bits per heavy atom. The average Bonchev–Trinajstić information content (AvgIpc) is 3.26. The predicted molar refractivity (Wildman–Crippen MR) is 259 cm³/mol. The van der Waals surface area contributed by atoms with Crippen LogP contribution in [0.4, 0.5) is 0 Å². The average molecular weight is 906 g/mol. The van der Waals surface area contributed by atoms with Gasteiger partial charge in [0, 0.05) is 19.4 Å². The summed E-state index contributed by atoms with van der Waals surface area (Å²) in [6.45, 7) is 3.31. The second-order valence-corrected chi connectivity index (χ2v) is 17.4. The Hall–Kier alpha value is -2.89. The number of ether oxygens (including phenoxy) is 2. The Balaban J connectivity index is 4.31. The minimum Gasteiger partial charge on any atom is -0.462 e. The van der Waals surface area contributed by atoms with Gasteiger partial charge < -0.3 is 30.3 Å². The Bertz CT molecular complexity index is 1340. The lowest BCUT2D eigenvalue weighted by atomic mass is 10.0. The van der Waals surface area contributed by atoms with Crippen molar-refractivity contribution in [1.82, 2.24) is 0 Å². The number of allylic oxidation sites excluding steroid dienone is 10. The van der Waals surface area contributed by atoms with Crippen LogP contribution in [0.25, 0.3) is 0 Å². The van der Waals surface area contributed by atoms with Crippen LogP contribution >= 0.6 is 7.82 Å². The lowest BCUT2D eigenvalue weighted by Crippen LogP contribution is -2.29. The van der Waals surface area contributed by atoms with Crippen molar-refractivity contribution < 1.29 is 47.8 Å². The number of aliphatic hydroxyl groups excluding tert-OH is 2. The fraction of sp³-hybridized carbons (Fsp3) is 0.686. The lowest BCUT2D eigenvalue weighted by Gasteiger charge is -2.19. The van der Waals surface area contributed by atoms with Crippen LogP contribution in [0.3, 0.4) is 0 Å². The van der Waals surface area contributed by atoms with E-state index in [-0.39, 0.29) is 32.6 Å². The van der Waals surface area contributed by atoms with Crippen molar-refractivity contribution in [3.8, 4) is 0 Å². The number of nitrogens with two attached hydrogens (primary N) is 1. The van der Waals surface area contributed by atoms with Gasteiger partial charge in [-0.2, -0.15) is 0 Å². The molecule has 0 bridgehead atoms. The Morgan fingerprint density at radius 2 is 1.14 bits per heavy atom. The predicted octanol–water partition coefficient (Wildman–Crippen LogP) is 12.3. The molecule has 4 atom stereocenters. The van der Waals surface area contributed by atoms with E-state index in [0.29, 0.717) is 32.1 Å². The fourth-order valence-electron chi connectivity index (χ4n) is 6.31. The van der Waals surface area contributed by atoms with Crippen molar-refractivity contribution in [2.75, 3.05) is 26.4 Å². The van der Waals surface area contributed by atoms with Gasteiger partial charge in [-0.3, -0.25) is 18.6 Å². The Labute approximate surface area is 382 Å². The van der Waals surface area contributed by atoms with E-state index in [1.807, 2.05) is 42.5 Å². The highest BCUT2D eigenvalue weighted by Gasteiger charge is 2.26. The van der Waals surface area contributed by atoms with E-state index in [4.69, 9.17) is 24.3 Å². The molecule has 11 nitrogen and oxygen atoms in total. The highest BCUT2D eigenvalue weighted by Crippen LogP contribution is 2.43. The zero-order valence-electron chi connectivity index (χ0n) is 39.3. The molecule has 0 rings (SSSR count). The van der Waals surface area contributed by atoms with Gasteiger partial charge in [0.05, 0.1) is 25.4 Å². The van der Waals surface area contributed by atoms with Crippen molar-refractivity contribution in [2.45, 2.75) is 199 Å². The van der Waals surface area contributed by atoms with Crippen LogP contribution in [0, 0.1) is 0 Å². The summed E-state index contributed by atoms with van der Waals surface area (Å²) in [5.41, 5.74) is 5.35. The van der Waals surface area contributed by atoms with Crippen LogP contribution in [0.5, 0.6) is 0 Å². The number of hydrogen-bond acceptors (Lipinski definition) is 10. The van der Waals surface area contributed by atoms with Gasteiger partial charge in [0.2, 0.25) is 0 Å². The number of aliphatic hydroxyl groups is 2. The topological polar surface area (TPSA) is 175 Å². The zero-order chi connectivity index (χ0) is 46.3. The molecule has 0 aromatic carbocycles. The molecule has 362 valence electrons. The fourth-order valence-corrected chi connectivity index (χ4v) is 7.08. The number of carbonyl (C=O) groups is 2. The van der Waals surface area contributed by atoms with Crippen LogP contribution in [0.2, 0.25) is 0 Å². The van der Waals surface area contributed by atoms with Gasteiger partial charge in [0.1, 0.15) is 6.61 Å². The zero-order valence-corrected chi connectivity index (χ0v) is 40.1. The molecule has 0 aromatic rings. The van der Waals surface area contributed by atoms with Crippen LogP contribution in [0.1, 0.15) is 181 Å². The van der Waals surface area contributed by atoms with Gasteiger partial charge >= 0.3 is 19.8 Å². The summed E-state index contributed by atoms with van der Waals surface area (Å²) in [5, 5.41) is 20.0. The van der Waals surface area contributed by atoms with E-state index in [1.54, 1.807) is 30.4 Å². The summed E-state index contributed by atoms with van der Waals surface area (Å²) in [4.78, 5) is 35.0. The smallest absolute Gasteiger partial charge is 0.462 e. The largest absolute Gasteiger partial charge is 0.472 e. The third-order valence-corrected chi connectivity index (χ3v) is 10.9. The summed E-state index contributed by atoms with van der Waals surface area (Å²) in [5.74, 6) is -1.02. The first-order valence-corrected chi connectivity index (χ1v) is 25.8. The minimum atomic E-state index is -4.44. The monoisotopic (exact) mass is 906 g/mol. The quantitative estimate of drug-likeness (QED) is 0.0151. The summed E-state index contributed by atoms with van der Waals surface area (Å²) in [6, 6.07) is 0. The van der Waals surface area contributed by atoms with Gasteiger partial charge in [-0.05, 0) is 64.2 Å². The summed E-state index contributed by atoms with van der Waals surface area (Å²) < 4.78 is 32.7. The number of esters is 2. The molecular formula is C51H88NO10P. The molecule has 0 heterocycles. The van der Waals surface area contributed by atoms with Crippen molar-refractivity contribution in [3.05, 3.63) is 85.1 Å². The van der Waals surface area contributed by atoms with Crippen molar-refractivity contribution in [3.63, 3.8) is 0 Å². The van der Waals surface area contributed by atoms with E-state index in [0.717, 1.165) is 25.7 Å². The van der Waals surface area contributed by atoms with Crippen molar-refractivity contribution in [2.24, 2.45) is 5.73 Å². The Morgan fingerprint density at radius 1 is 0.587 bits per heavy atom. The molecule has 0 saturated heterocycles. The first kappa shape index (κ1) is 60.1. The summed E-state index contributed by atoms with van der Waals surface area (Å²) in [6.07, 6.45) is 51.2. The molecule has 5 N–H and O–H groups in total. The molecule has 0 saturated carbocycles. The van der Waals surface area contributed by atoms with E-state index in [2.05, 4.69) is 26.0 Å². The highest BCUT2D eigenvalue weighted by molar-refractivity contribution is 7.47. The molecule has 63 heavy (non-hydrogen) atoms. The van der Waals surface area contributed by atoms with Crippen molar-refractivity contribution >= 4 is 19.8 Å². The molecule has 0 aliphatic heterocycles. The number of carbonyl (C=O) groups excluding carboxylic acids is 2. The third-order valence-electron chi connectivity index (χ3n) is 9.94. The van der Waals surface area contributed by atoms with E-state index >= 15 is 0 Å². The maximum atomic E-state index is 12.6. The summed E-state index contributed by atoms with van der Waals surface area (Å²) in [7, 11) is -4.44. The molecule has 0 aromatic heterocycles. The van der Waals surface area contributed by atoms with E-state index in [9.17, 15) is 29.3 Å². The second kappa shape index (κ2) is 45.7. The maximum Gasteiger partial charge on any atom is 0.472 e. The molecule has 12 heteroatoms. The number of hydrogen-bond donors (Lipinski definition) is 4. The molecule has 0 aliphatic rings. The SMILES string of the molecule is CC/C=C\C[C@H](O)/C=C/C=C\C/C=C\C=C\[C@H](O)/C=C\CCCC(=O)O[C@H](COC(=O)CCCCCCCCCCCCC/C=C\CCCCCCCC)COP(=O)(O)OCCN. The normalized spacial score (nSPS) is 15.0. The molecule has 0 amide bonds. The Kier molecular flexibility index (Phi) is 43.6. The highest BCUT2D eigenvalue weighted by atomic mass is 31.2. The van der Waals surface area contributed by atoms with Crippen LogP contribution in [-0.2, 0) is 32.7 Å². The number of rotatable bonds is 44. The first-order chi connectivity index (χ1) is 30.6. The first-order valence-electron chi connectivity index (χ1n) is 24.3. The summed E-state index contributed by atoms with van der Waals surface area (Å²) >= 11 is 0.